The molecule has 2 N–H and O–H groups in total. The van der Waals surface area contributed by atoms with Gasteiger partial charge in [0.1, 0.15) is 10.6 Å². The van der Waals surface area contributed by atoms with Gasteiger partial charge in [-0.15, -0.1) is 0 Å². The number of aromatic nitrogens is 4. The van der Waals surface area contributed by atoms with E-state index < -0.39 is 10.0 Å². The fourth-order valence-electron chi connectivity index (χ4n) is 4.17. The summed E-state index contributed by atoms with van der Waals surface area (Å²) in [6.45, 7) is 4.47. The summed E-state index contributed by atoms with van der Waals surface area (Å²) in [5, 5.41) is 6.75. The second-order valence-corrected chi connectivity index (χ2v) is 10.2. The highest BCUT2D eigenvalue weighted by Crippen LogP contribution is 2.32. The number of hydrogen-bond acceptors (Lipinski definition) is 7. The maximum atomic E-state index is 12.9. The molecule has 1 aliphatic rings. The zero-order valence-electron chi connectivity index (χ0n) is 19.9. The number of nitrogens with zero attached hydrogens (tertiary/aromatic N) is 4. The van der Waals surface area contributed by atoms with E-state index in [4.69, 9.17) is 4.74 Å². The monoisotopic (exact) mass is 504 g/mol. The Balaban J connectivity index is 1.56. The summed E-state index contributed by atoms with van der Waals surface area (Å²) >= 11 is 0. The number of sulfonamides is 1. The Kier molecular flexibility index (Phi) is 5.92. The zero-order chi connectivity index (χ0) is 25.4. The van der Waals surface area contributed by atoms with Crippen molar-refractivity contribution in [1.29, 1.82) is 0 Å². The highest BCUT2D eigenvalue weighted by molar-refractivity contribution is 7.92. The van der Waals surface area contributed by atoms with Gasteiger partial charge < -0.3 is 10.1 Å². The Hall–Kier alpha value is -4.25. The summed E-state index contributed by atoms with van der Waals surface area (Å²) in [5.41, 5.74) is 4.79. The molecule has 4 aromatic rings. The molecule has 0 spiro atoms. The van der Waals surface area contributed by atoms with Gasteiger partial charge in [0.05, 0.1) is 11.9 Å². The number of hydrogen-bond donors (Lipinski definition) is 2. The predicted molar refractivity (Wildman–Crippen MR) is 134 cm³/mol. The average Bonchev–Trinajstić information content (AvgIpc) is 3.26. The summed E-state index contributed by atoms with van der Waals surface area (Å²) in [4.78, 5) is 20.9. The van der Waals surface area contributed by atoms with Crippen LogP contribution in [0.3, 0.4) is 0 Å². The van der Waals surface area contributed by atoms with Crippen molar-refractivity contribution in [2.45, 2.75) is 25.2 Å². The molecule has 36 heavy (non-hydrogen) atoms. The number of fused-ring (bicyclic) bond motifs is 1. The van der Waals surface area contributed by atoms with Crippen LogP contribution in [-0.4, -0.2) is 40.6 Å². The molecule has 11 heteroatoms. The second-order valence-electron chi connectivity index (χ2n) is 8.56. The van der Waals surface area contributed by atoms with Gasteiger partial charge in [-0.05, 0) is 55.2 Å². The molecule has 0 saturated carbocycles. The van der Waals surface area contributed by atoms with E-state index in [0.29, 0.717) is 30.0 Å². The lowest BCUT2D eigenvalue weighted by Gasteiger charge is -2.17. The Morgan fingerprint density at radius 1 is 1.08 bits per heavy atom. The van der Waals surface area contributed by atoms with Crippen molar-refractivity contribution in [2.24, 2.45) is 7.05 Å². The minimum atomic E-state index is -3.98. The fraction of sp³-hybridized carbons (Fsp3) is 0.200. The number of nitrogens with one attached hydrogen (secondary N) is 2. The first-order valence-electron chi connectivity index (χ1n) is 11.3. The lowest BCUT2D eigenvalue weighted by Crippen LogP contribution is -2.31. The number of ether oxygens (including phenoxy) is 1. The summed E-state index contributed by atoms with van der Waals surface area (Å²) in [6, 6.07) is 12.7. The molecule has 0 saturated heterocycles. The van der Waals surface area contributed by atoms with Crippen molar-refractivity contribution in [3.8, 4) is 22.9 Å². The van der Waals surface area contributed by atoms with Gasteiger partial charge >= 0.3 is 0 Å². The number of rotatable bonds is 6. The molecule has 3 heterocycles. The molecule has 5 rings (SSSR count). The average molecular weight is 505 g/mol. The van der Waals surface area contributed by atoms with E-state index in [1.165, 1.54) is 17.1 Å². The number of carbonyl (C=O) groups is 1. The van der Waals surface area contributed by atoms with Crippen molar-refractivity contribution >= 4 is 21.9 Å². The normalized spacial score (nSPS) is 13.1. The molecular formula is C25H24N6O4S. The quantitative estimate of drug-likeness (QED) is 0.412. The van der Waals surface area contributed by atoms with Crippen LogP contribution in [0.1, 0.15) is 27.0 Å². The fourth-order valence-corrected chi connectivity index (χ4v) is 5.10. The Labute approximate surface area is 208 Å². The maximum Gasteiger partial charge on any atom is 0.267 e. The Bertz CT molecular complexity index is 1580. The third-order valence-corrected chi connectivity index (χ3v) is 7.16. The molecule has 2 aromatic heterocycles. The standard InChI is InChI=1S/C25H24N6O4S/c1-15-5-4-6-16(2)23(15)21-12-22(35-18-7-8-20-17(11-18)9-10-26-24(20)32)29-25(28-21)30-36(33,34)19-13-27-31(3)14-19/h4-8,11-14H,9-10H2,1-3H3,(H,26,32)(H,28,29,30). The van der Waals surface area contributed by atoms with Crippen LogP contribution in [0.15, 0.2) is 59.8 Å². The third-order valence-electron chi connectivity index (χ3n) is 5.88. The highest BCUT2D eigenvalue weighted by Gasteiger charge is 2.21. The van der Waals surface area contributed by atoms with Gasteiger partial charge in [-0.2, -0.15) is 10.1 Å². The van der Waals surface area contributed by atoms with Gasteiger partial charge in [0.25, 0.3) is 15.9 Å². The molecule has 184 valence electrons. The van der Waals surface area contributed by atoms with Crippen LogP contribution < -0.4 is 14.8 Å². The van der Waals surface area contributed by atoms with Gasteiger partial charge in [0.2, 0.25) is 11.8 Å². The molecule has 0 unspecified atom stereocenters. The second kappa shape index (κ2) is 9.08. The van der Waals surface area contributed by atoms with Crippen LogP contribution in [0.5, 0.6) is 11.6 Å². The number of amides is 1. The summed E-state index contributed by atoms with van der Waals surface area (Å²) in [7, 11) is -2.35. The van der Waals surface area contributed by atoms with Crippen molar-refractivity contribution in [3.63, 3.8) is 0 Å². The first-order chi connectivity index (χ1) is 17.2. The van der Waals surface area contributed by atoms with Crippen molar-refractivity contribution in [1.82, 2.24) is 25.1 Å². The Morgan fingerprint density at radius 3 is 2.58 bits per heavy atom. The largest absolute Gasteiger partial charge is 0.439 e. The maximum absolute atomic E-state index is 12.9. The third kappa shape index (κ3) is 4.65. The van der Waals surface area contributed by atoms with E-state index in [9.17, 15) is 13.2 Å². The van der Waals surface area contributed by atoms with Crippen molar-refractivity contribution in [2.75, 3.05) is 11.3 Å². The molecule has 0 fully saturated rings. The number of carbonyl (C=O) groups excluding carboxylic acids is 1. The van der Waals surface area contributed by atoms with Crippen LogP contribution in [0.2, 0.25) is 0 Å². The molecule has 0 bridgehead atoms. The predicted octanol–water partition coefficient (Wildman–Crippen LogP) is 3.37. The van der Waals surface area contributed by atoms with Gasteiger partial charge in [-0.3, -0.25) is 9.48 Å². The lowest BCUT2D eigenvalue weighted by molar-refractivity contribution is 0.0946. The van der Waals surface area contributed by atoms with Gasteiger partial charge in [0.15, 0.2) is 0 Å². The molecule has 0 aliphatic carbocycles. The molecule has 1 amide bonds. The summed E-state index contributed by atoms with van der Waals surface area (Å²) in [6.07, 6.45) is 3.32. The van der Waals surface area contributed by atoms with E-state index in [1.54, 1.807) is 31.3 Å². The topological polar surface area (TPSA) is 128 Å². The van der Waals surface area contributed by atoms with Crippen LogP contribution in [0.25, 0.3) is 11.3 Å². The van der Waals surface area contributed by atoms with Crippen LogP contribution in [0, 0.1) is 13.8 Å². The van der Waals surface area contributed by atoms with E-state index >= 15 is 0 Å². The Morgan fingerprint density at radius 2 is 1.86 bits per heavy atom. The van der Waals surface area contributed by atoms with Crippen molar-refractivity contribution < 1.29 is 17.9 Å². The molecule has 0 radical (unpaired) electrons. The summed E-state index contributed by atoms with van der Waals surface area (Å²) in [5.74, 6) is 0.392. The molecule has 10 nitrogen and oxygen atoms in total. The number of anilines is 1. The number of aryl methyl sites for hydroxylation is 3. The van der Waals surface area contributed by atoms with E-state index in [-0.39, 0.29) is 22.6 Å². The molecule has 1 aliphatic heterocycles. The highest BCUT2D eigenvalue weighted by atomic mass is 32.2. The van der Waals surface area contributed by atoms with Crippen LogP contribution >= 0.6 is 0 Å². The van der Waals surface area contributed by atoms with E-state index in [0.717, 1.165) is 22.3 Å². The van der Waals surface area contributed by atoms with Crippen molar-refractivity contribution in [3.05, 3.63) is 77.1 Å². The van der Waals surface area contributed by atoms with Gasteiger partial charge in [-0.25, -0.2) is 18.1 Å². The van der Waals surface area contributed by atoms with Crippen LogP contribution in [-0.2, 0) is 23.5 Å². The van der Waals surface area contributed by atoms with Gasteiger partial charge in [-0.1, -0.05) is 18.2 Å². The molecule has 0 atom stereocenters. The number of benzene rings is 2. The summed E-state index contributed by atoms with van der Waals surface area (Å²) < 4.78 is 35.8. The molecular weight excluding hydrogens is 480 g/mol. The smallest absolute Gasteiger partial charge is 0.267 e. The first kappa shape index (κ1) is 23.5. The van der Waals surface area contributed by atoms with Gasteiger partial charge in [0, 0.05) is 37.0 Å². The minimum Gasteiger partial charge on any atom is -0.439 e. The molecule has 2 aromatic carbocycles. The SMILES string of the molecule is Cc1cccc(C)c1-c1cc(Oc2ccc3c(c2)CCNC3=O)nc(NS(=O)(=O)c2cnn(C)c2)n1. The lowest BCUT2D eigenvalue weighted by atomic mass is 10.00. The first-order valence-corrected chi connectivity index (χ1v) is 12.7. The van der Waals surface area contributed by atoms with E-state index in [2.05, 4.69) is 25.1 Å². The zero-order valence-corrected chi connectivity index (χ0v) is 20.8. The minimum absolute atomic E-state index is 0.0125. The van der Waals surface area contributed by atoms with E-state index in [1.807, 2.05) is 32.0 Å². The van der Waals surface area contributed by atoms with Crippen LogP contribution in [0.4, 0.5) is 5.95 Å².